The highest BCUT2D eigenvalue weighted by molar-refractivity contribution is 5.97. The molecule has 0 aliphatic carbocycles. The van der Waals surface area contributed by atoms with E-state index in [0.717, 1.165) is 23.2 Å². The zero-order valence-corrected chi connectivity index (χ0v) is 18.1. The van der Waals surface area contributed by atoms with Crippen molar-refractivity contribution in [3.05, 3.63) is 96.1 Å². The molecule has 0 aromatic heterocycles. The van der Waals surface area contributed by atoms with Gasteiger partial charge in [-0.25, -0.2) is 4.79 Å². The third-order valence-corrected chi connectivity index (χ3v) is 4.50. The van der Waals surface area contributed by atoms with Crippen LogP contribution in [-0.4, -0.2) is 30.8 Å². The normalized spacial score (nSPS) is 12.2. The number of carbonyl (C=O) groups is 2. The van der Waals surface area contributed by atoms with Gasteiger partial charge < -0.3 is 9.47 Å². The molecule has 6 nitrogen and oxygen atoms in total. The van der Waals surface area contributed by atoms with Crippen molar-refractivity contribution in [2.24, 2.45) is 5.10 Å². The summed E-state index contributed by atoms with van der Waals surface area (Å²) in [4.78, 5) is 25.1. The highest BCUT2D eigenvalue weighted by atomic mass is 19.4. The summed E-state index contributed by atoms with van der Waals surface area (Å²) in [5, 5.41) is 4.81. The van der Waals surface area contributed by atoms with E-state index in [2.05, 4.69) is 5.10 Å². The first-order valence-electron chi connectivity index (χ1n) is 10.2. The third-order valence-electron chi connectivity index (χ3n) is 4.50. The van der Waals surface area contributed by atoms with Crippen molar-refractivity contribution in [2.75, 3.05) is 11.6 Å². The standard InChI is InChI=1S/C25H21F3N2O4/c1-18(34-22-13-6-3-7-14-22)24(32)33-17-23(31)30(29-16-19-9-4-2-5-10-19)21-12-8-11-20(15-21)25(26,27)28/h2-16,18H,17H2,1H3. The topological polar surface area (TPSA) is 68.2 Å². The van der Waals surface area contributed by atoms with Crippen LogP contribution in [-0.2, 0) is 20.5 Å². The zero-order valence-electron chi connectivity index (χ0n) is 18.1. The molecule has 0 radical (unpaired) electrons. The van der Waals surface area contributed by atoms with Gasteiger partial charge in [0.25, 0.3) is 5.91 Å². The molecule has 34 heavy (non-hydrogen) atoms. The monoisotopic (exact) mass is 470 g/mol. The molecule has 1 unspecified atom stereocenters. The fraction of sp³-hybridized carbons (Fsp3) is 0.160. The first kappa shape index (κ1) is 24.5. The number of nitrogens with zero attached hydrogens (tertiary/aromatic N) is 2. The van der Waals surface area contributed by atoms with Crippen molar-refractivity contribution in [1.29, 1.82) is 0 Å². The van der Waals surface area contributed by atoms with Crippen LogP contribution in [0.15, 0.2) is 90.0 Å². The number of benzene rings is 3. The maximum atomic E-state index is 13.2. The predicted octanol–water partition coefficient (Wildman–Crippen LogP) is 5.08. The van der Waals surface area contributed by atoms with Gasteiger partial charge in [-0.2, -0.15) is 23.3 Å². The summed E-state index contributed by atoms with van der Waals surface area (Å²) in [6.45, 7) is 0.710. The first-order chi connectivity index (χ1) is 16.2. The summed E-state index contributed by atoms with van der Waals surface area (Å²) in [7, 11) is 0. The smallest absolute Gasteiger partial charge is 0.416 e. The highest BCUT2D eigenvalue weighted by Crippen LogP contribution is 2.31. The van der Waals surface area contributed by atoms with Crippen LogP contribution < -0.4 is 9.75 Å². The molecular formula is C25H21F3N2O4. The van der Waals surface area contributed by atoms with E-state index in [0.29, 0.717) is 11.3 Å². The largest absolute Gasteiger partial charge is 0.479 e. The van der Waals surface area contributed by atoms with Crippen molar-refractivity contribution >= 4 is 23.8 Å². The van der Waals surface area contributed by atoms with Gasteiger partial charge in [0.2, 0.25) is 0 Å². The number of ether oxygens (including phenoxy) is 2. The van der Waals surface area contributed by atoms with Gasteiger partial charge in [0.1, 0.15) is 5.75 Å². The fourth-order valence-corrected chi connectivity index (χ4v) is 2.82. The number of rotatable bonds is 8. The van der Waals surface area contributed by atoms with Crippen LogP contribution >= 0.6 is 0 Å². The van der Waals surface area contributed by atoms with Gasteiger partial charge in [0.15, 0.2) is 12.7 Å². The average Bonchev–Trinajstić information content (AvgIpc) is 2.83. The second-order valence-electron chi connectivity index (χ2n) is 7.09. The van der Waals surface area contributed by atoms with Crippen molar-refractivity contribution in [2.45, 2.75) is 19.2 Å². The van der Waals surface area contributed by atoms with Crippen LogP contribution in [0, 0.1) is 0 Å². The number of hydrogen-bond acceptors (Lipinski definition) is 5. The van der Waals surface area contributed by atoms with Crippen LogP contribution in [0.25, 0.3) is 0 Å². The number of esters is 1. The number of alkyl halides is 3. The number of anilines is 1. The zero-order chi connectivity index (χ0) is 24.6. The molecule has 0 aliphatic rings. The Morgan fingerprint density at radius 2 is 1.62 bits per heavy atom. The third kappa shape index (κ3) is 6.93. The van der Waals surface area contributed by atoms with Crippen molar-refractivity contribution in [3.8, 4) is 5.75 Å². The lowest BCUT2D eigenvalue weighted by molar-refractivity contribution is -0.154. The molecule has 1 amide bonds. The Morgan fingerprint density at radius 3 is 2.26 bits per heavy atom. The molecule has 3 rings (SSSR count). The Morgan fingerprint density at radius 1 is 0.971 bits per heavy atom. The molecular weight excluding hydrogens is 449 g/mol. The van der Waals surface area contributed by atoms with Gasteiger partial charge in [-0.15, -0.1) is 0 Å². The second kappa shape index (κ2) is 11.1. The molecule has 9 heteroatoms. The molecule has 0 saturated carbocycles. The van der Waals surface area contributed by atoms with Crippen molar-refractivity contribution < 1.29 is 32.2 Å². The van der Waals surface area contributed by atoms with E-state index < -0.39 is 36.3 Å². The van der Waals surface area contributed by atoms with Gasteiger partial charge in [-0.3, -0.25) is 4.79 Å². The van der Waals surface area contributed by atoms with E-state index in [1.54, 1.807) is 60.7 Å². The summed E-state index contributed by atoms with van der Waals surface area (Å²) in [6, 6.07) is 21.4. The number of amides is 1. The van der Waals surface area contributed by atoms with E-state index in [4.69, 9.17) is 9.47 Å². The Balaban J connectivity index is 1.75. The maximum absolute atomic E-state index is 13.2. The van der Waals surface area contributed by atoms with Gasteiger partial charge in [-0.1, -0.05) is 54.6 Å². The summed E-state index contributed by atoms with van der Waals surface area (Å²) in [5.41, 5.74) is -0.453. The van der Waals surface area contributed by atoms with Gasteiger partial charge in [-0.05, 0) is 42.8 Å². The van der Waals surface area contributed by atoms with Gasteiger partial charge in [0.05, 0.1) is 17.5 Å². The molecule has 0 spiro atoms. The molecule has 0 N–H and O–H groups in total. The molecule has 0 heterocycles. The minimum Gasteiger partial charge on any atom is -0.479 e. The lowest BCUT2D eigenvalue weighted by Gasteiger charge is -2.19. The van der Waals surface area contributed by atoms with E-state index in [9.17, 15) is 22.8 Å². The number of halogens is 3. The van der Waals surface area contributed by atoms with E-state index in [-0.39, 0.29) is 5.69 Å². The fourth-order valence-electron chi connectivity index (χ4n) is 2.82. The average molecular weight is 470 g/mol. The molecule has 1 atom stereocenters. The molecule has 0 saturated heterocycles. The van der Waals surface area contributed by atoms with Gasteiger partial charge >= 0.3 is 12.1 Å². The minimum atomic E-state index is -4.61. The second-order valence-corrected chi connectivity index (χ2v) is 7.09. The van der Waals surface area contributed by atoms with Crippen molar-refractivity contribution in [1.82, 2.24) is 0 Å². The van der Waals surface area contributed by atoms with E-state index >= 15 is 0 Å². The van der Waals surface area contributed by atoms with Gasteiger partial charge in [0, 0.05) is 0 Å². The first-order valence-corrected chi connectivity index (χ1v) is 10.2. The van der Waals surface area contributed by atoms with Crippen LogP contribution in [0.3, 0.4) is 0 Å². The summed E-state index contributed by atoms with van der Waals surface area (Å²) >= 11 is 0. The Hall–Kier alpha value is -4.14. The lowest BCUT2D eigenvalue weighted by Crippen LogP contribution is -2.34. The van der Waals surface area contributed by atoms with Crippen LogP contribution in [0.1, 0.15) is 18.1 Å². The highest BCUT2D eigenvalue weighted by Gasteiger charge is 2.31. The quantitative estimate of drug-likeness (QED) is 0.262. The Bertz CT molecular complexity index is 1140. The predicted molar refractivity (Wildman–Crippen MR) is 120 cm³/mol. The SMILES string of the molecule is CC(Oc1ccccc1)C(=O)OCC(=O)N(N=Cc1ccccc1)c1cccc(C(F)(F)F)c1. The molecule has 0 bridgehead atoms. The summed E-state index contributed by atoms with van der Waals surface area (Å²) < 4.78 is 50.0. The molecule has 3 aromatic carbocycles. The van der Waals surface area contributed by atoms with Crippen LogP contribution in [0.4, 0.5) is 18.9 Å². The number of para-hydroxylation sites is 1. The van der Waals surface area contributed by atoms with Crippen LogP contribution in [0.5, 0.6) is 5.75 Å². The molecule has 3 aromatic rings. The summed E-state index contributed by atoms with van der Waals surface area (Å²) in [5.74, 6) is -1.21. The summed E-state index contributed by atoms with van der Waals surface area (Å²) in [6.07, 6.45) is -4.30. The van der Waals surface area contributed by atoms with E-state index in [1.165, 1.54) is 19.2 Å². The minimum absolute atomic E-state index is 0.128. The molecule has 176 valence electrons. The Kier molecular flexibility index (Phi) is 8.02. The lowest BCUT2D eigenvalue weighted by atomic mass is 10.2. The van der Waals surface area contributed by atoms with Crippen LogP contribution in [0.2, 0.25) is 0 Å². The van der Waals surface area contributed by atoms with Crippen molar-refractivity contribution in [3.63, 3.8) is 0 Å². The number of hydrogen-bond donors (Lipinski definition) is 0. The maximum Gasteiger partial charge on any atom is 0.416 e. The number of carbonyl (C=O) groups excluding carboxylic acids is 2. The molecule has 0 fully saturated rings. The molecule has 0 aliphatic heterocycles. The number of hydrazone groups is 1. The van der Waals surface area contributed by atoms with E-state index in [1.807, 2.05) is 0 Å². The Labute approximate surface area is 194 Å².